The topological polar surface area (TPSA) is 102 Å². The number of benzene rings is 2. The van der Waals surface area contributed by atoms with Gasteiger partial charge in [-0.2, -0.15) is 0 Å². The van der Waals surface area contributed by atoms with Crippen LogP contribution >= 0.6 is 0 Å². The molecule has 2 aromatic rings. The van der Waals surface area contributed by atoms with Crippen LogP contribution in [0.4, 0.5) is 0 Å². The highest BCUT2D eigenvalue weighted by atomic mass is 32.2. The molecule has 0 bridgehead atoms. The molecule has 0 spiro atoms. The molecule has 7 nitrogen and oxygen atoms in total. The molecule has 150 valence electrons. The smallest absolute Gasteiger partial charge is 0.265 e. The Labute approximate surface area is 164 Å². The summed E-state index contributed by atoms with van der Waals surface area (Å²) in [5.41, 5.74) is 3.75. The van der Waals surface area contributed by atoms with Crippen molar-refractivity contribution in [3.05, 3.63) is 53.6 Å². The SMILES string of the molecule is Cc1ccc(Oc2ccc(S(=O)(=O)C3(C(=O)NO)CCOCC3)cc2)cc1C. The van der Waals surface area contributed by atoms with Gasteiger partial charge in [0.05, 0.1) is 4.90 Å². The summed E-state index contributed by atoms with van der Waals surface area (Å²) >= 11 is 0. The van der Waals surface area contributed by atoms with E-state index >= 15 is 0 Å². The molecule has 0 atom stereocenters. The van der Waals surface area contributed by atoms with Gasteiger partial charge in [-0.25, -0.2) is 13.9 Å². The molecule has 1 aliphatic heterocycles. The van der Waals surface area contributed by atoms with Crippen LogP contribution in [0.25, 0.3) is 0 Å². The summed E-state index contributed by atoms with van der Waals surface area (Å²) in [7, 11) is -4.04. The van der Waals surface area contributed by atoms with Gasteiger partial charge in [-0.3, -0.25) is 10.0 Å². The van der Waals surface area contributed by atoms with E-state index < -0.39 is 20.5 Å². The zero-order valence-corrected chi connectivity index (χ0v) is 16.6. The molecule has 0 unspecified atom stereocenters. The Balaban J connectivity index is 1.88. The Bertz CT molecular complexity index is 963. The standard InChI is InChI=1S/C20H23NO6S/c1-14-3-4-17(13-15(14)2)27-16-5-7-18(8-6-16)28(24,25)20(19(22)21-23)9-11-26-12-10-20/h3-8,13,23H,9-12H2,1-2H3,(H,21,22). The Kier molecular flexibility index (Phi) is 5.74. The first-order chi connectivity index (χ1) is 13.3. The number of hydrogen-bond acceptors (Lipinski definition) is 6. The Morgan fingerprint density at radius 3 is 2.21 bits per heavy atom. The van der Waals surface area contributed by atoms with Crippen molar-refractivity contribution >= 4 is 15.7 Å². The predicted molar refractivity (Wildman–Crippen MR) is 102 cm³/mol. The summed E-state index contributed by atoms with van der Waals surface area (Å²) in [5.74, 6) is 0.195. The second kappa shape index (κ2) is 7.90. The second-order valence-electron chi connectivity index (χ2n) is 6.87. The van der Waals surface area contributed by atoms with E-state index in [0.29, 0.717) is 11.5 Å². The molecule has 3 rings (SSSR count). The number of ether oxygens (including phenoxy) is 2. The highest BCUT2D eigenvalue weighted by Crippen LogP contribution is 2.36. The Morgan fingerprint density at radius 2 is 1.64 bits per heavy atom. The molecule has 1 heterocycles. The minimum Gasteiger partial charge on any atom is -0.457 e. The van der Waals surface area contributed by atoms with Gasteiger partial charge >= 0.3 is 0 Å². The van der Waals surface area contributed by atoms with Crippen LogP contribution in [0.15, 0.2) is 47.4 Å². The largest absolute Gasteiger partial charge is 0.457 e. The zero-order chi connectivity index (χ0) is 20.4. The first-order valence-corrected chi connectivity index (χ1v) is 10.4. The fourth-order valence-electron chi connectivity index (χ4n) is 3.25. The molecule has 2 aromatic carbocycles. The van der Waals surface area contributed by atoms with Crippen LogP contribution in [0.3, 0.4) is 0 Å². The van der Waals surface area contributed by atoms with Gasteiger partial charge in [0.25, 0.3) is 5.91 Å². The third kappa shape index (κ3) is 3.63. The molecule has 1 aliphatic rings. The maximum atomic E-state index is 13.2. The van der Waals surface area contributed by atoms with Gasteiger partial charge in [0.15, 0.2) is 14.6 Å². The van der Waals surface area contributed by atoms with Crippen LogP contribution in [-0.2, 0) is 19.4 Å². The van der Waals surface area contributed by atoms with Gasteiger partial charge in [-0.1, -0.05) is 6.07 Å². The van der Waals surface area contributed by atoms with Gasteiger partial charge < -0.3 is 9.47 Å². The number of carbonyl (C=O) groups excluding carboxylic acids is 1. The monoisotopic (exact) mass is 405 g/mol. The van der Waals surface area contributed by atoms with Crippen LogP contribution in [0.5, 0.6) is 11.5 Å². The number of sulfone groups is 1. The van der Waals surface area contributed by atoms with E-state index in [2.05, 4.69) is 0 Å². The lowest BCUT2D eigenvalue weighted by Crippen LogP contribution is -2.54. The van der Waals surface area contributed by atoms with Gasteiger partial charge in [-0.15, -0.1) is 0 Å². The molecule has 1 saturated heterocycles. The molecule has 8 heteroatoms. The van der Waals surface area contributed by atoms with Crippen molar-refractivity contribution < 1.29 is 27.9 Å². The molecule has 28 heavy (non-hydrogen) atoms. The number of aryl methyl sites for hydroxylation is 2. The highest BCUT2D eigenvalue weighted by molar-refractivity contribution is 7.93. The number of amides is 1. The molecular weight excluding hydrogens is 382 g/mol. The van der Waals surface area contributed by atoms with E-state index in [-0.39, 0.29) is 31.0 Å². The summed E-state index contributed by atoms with van der Waals surface area (Å²) < 4.78 is 35.6. The molecular formula is C20H23NO6S. The Morgan fingerprint density at radius 1 is 1.04 bits per heavy atom. The zero-order valence-electron chi connectivity index (χ0n) is 15.8. The fraction of sp³-hybridized carbons (Fsp3) is 0.350. The average molecular weight is 405 g/mol. The van der Waals surface area contributed by atoms with Gasteiger partial charge in [-0.05, 0) is 74.2 Å². The van der Waals surface area contributed by atoms with E-state index in [9.17, 15) is 13.2 Å². The quantitative estimate of drug-likeness (QED) is 0.586. The molecule has 0 saturated carbocycles. The number of rotatable bonds is 5. The minimum absolute atomic E-state index is 0.00885. The molecule has 0 aliphatic carbocycles. The van der Waals surface area contributed by atoms with Crippen LogP contribution in [0.2, 0.25) is 0 Å². The number of hydroxylamine groups is 1. The van der Waals surface area contributed by atoms with E-state index in [0.717, 1.165) is 11.1 Å². The third-order valence-corrected chi connectivity index (χ3v) is 7.69. The summed E-state index contributed by atoms with van der Waals surface area (Å²) in [6.07, 6.45) is -0.0504. The van der Waals surface area contributed by atoms with Crippen molar-refractivity contribution in [1.29, 1.82) is 0 Å². The lowest BCUT2D eigenvalue weighted by atomic mass is 9.98. The number of hydrogen-bond donors (Lipinski definition) is 2. The predicted octanol–water partition coefficient (Wildman–Crippen LogP) is 2.92. The third-order valence-electron chi connectivity index (χ3n) is 5.18. The van der Waals surface area contributed by atoms with Crippen molar-refractivity contribution in [3.8, 4) is 11.5 Å². The highest BCUT2D eigenvalue weighted by Gasteiger charge is 2.52. The first kappa shape index (κ1) is 20.3. The van der Waals surface area contributed by atoms with E-state index in [1.165, 1.54) is 17.6 Å². The molecule has 0 radical (unpaired) electrons. The lowest BCUT2D eigenvalue weighted by Gasteiger charge is -2.34. The first-order valence-electron chi connectivity index (χ1n) is 8.92. The van der Waals surface area contributed by atoms with Crippen molar-refractivity contribution in [2.45, 2.75) is 36.3 Å². The van der Waals surface area contributed by atoms with E-state index in [4.69, 9.17) is 14.7 Å². The maximum absolute atomic E-state index is 13.2. The summed E-state index contributed by atoms with van der Waals surface area (Å²) in [6, 6.07) is 11.6. The second-order valence-corrected chi connectivity index (χ2v) is 9.13. The normalized spacial score (nSPS) is 16.4. The fourth-order valence-corrected chi connectivity index (χ4v) is 5.19. The maximum Gasteiger partial charge on any atom is 0.265 e. The van der Waals surface area contributed by atoms with Crippen molar-refractivity contribution in [1.82, 2.24) is 5.48 Å². The van der Waals surface area contributed by atoms with Crippen LogP contribution in [0, 0.1) is 13.8 Å². The summed E-state index contributed by atoms with van der Waals surface area (Å²) in [6.45, 7) is 4.24. The van der Waals surface area contributed by atoms with Crippen molar-refractivity contribution in [2.24, 2.45) is 0 Å². The minimum atomic E-state index is -4.04. The van der Waals surface area contributed by atoms with Crippen LogP contribution < -0.4 is 10.2 Å². The van der Waals surface area contributed by atoms with Crippen molar-refractivity contribution in [2.75, 3.05) is 13.2 Å². The summed E-state index contributed by atoms with van der Waals surface area (Å²) in [5, 5.41) is 9.09. The van der Waals surface area contributed by atoms with E-state index in [1.54, 1.807) is 12.1 Å². The lowest BCUT2D eigenvalue weighted by molar-refractivity contribution is -0.134. The molecule has 2 N–H and O–H groups in total. The van der Waals surface area contributed by atoms with Gasteiger partial charge in [0.1, 0.15) is 11.5 Å². The van der Waals surface area contributed by atoms with Crippen LogP contribution in [-0.4, -0.2) is 37.5 Å². The average Bonchev–Trinajstić information content (AvgIpc) is 2.71. The number of nitrogens with one attached hydrogen (secondary N) is 1. The molecule has 1 fully saturated rings. The molecule has 1 amide bonds. The molecule has 0 aromatic heterocycles. The van der Waals surface area contributed by atoms with Crippen LogP contribution in [0.1, 0.15) is 24.0 Å². The Hall–Kier alpha value is -2.42. The van der Waals surface area contributed by atoms with Gasteiger partial charge in [0, 0.05) is 13.2 Å². The number of carbonyl (C=O) groups is 1. The van der Waals surface area contributed by atoms with Gasteiger partial charge in [0.2, 0.25) is 0 Å². The van der Waals surface area contributed by atoms with E-state index in [1.807, 2.05) is 32.0 Å². The summed E-state index contributed by atoms with van der Waals surface area (Å²) in [4.78, 5) is 12.2. The van der Waals surface area contributed by atoms with Crippen molar-refractivity contribution in [3.63, 3.8) is 0 Å².